The van der Waals surface area contributed by atoms with E-state index in [-0.39, 0.29) is 5.41 Å². The van der Waals surface area contributed by atoms with E-state index in [4.69, 9.17) is 0 Å². The fourth-order valence-corrected chi connectivity index (χ4v) is 1.72. The average Bonchev–Trinajstić information content (AvgIpc) is 2.54. The molecular weight excluding hydrogens is 222 g/mol. The molecule has 3 heteroatoms. The monoisotopic (exact) mass is 247 g/mol. The Hall–Kier alpha value is -1.27. The molecule has 0 saturated carbocycles. The van der Waals surface area contributed by atoms with E-state index in [0.29, 0.717) is 0 Å². The van der Waals surface area contributed by atoms with Gasteiger partial charge < -0.3 is 5.32 Å². The zero-order valence-electron chi connectivity index (χ0n) is 12.3. The van der Waals surface area contributed by atoms with E-state index in [1.54, 1.807) is 0 Å². The molecule has 0 aliphatic heterocycles. The van der Waals surface area contributed by atoms with Gasteiger partial charge in [-0.3, -0.25) is 4.68 Å². The normalized spacial score (nSPS) is 11.2. The molecule has 0 amide bonds. The molecule has 0 unspecified atom stereocenters. The van der Waals surface area contributed by atoms with Crippen LogP contribution in [-0.2, 0) is 6.54 Å². The van der Waals surface area contributed by atoms with Crippen LogP contribution in [0.2, 0.25) is 0 Å². The van der Waals surface area contributed by atoms with Crippen LogP contribution < -0.4 is 5.32 Å². The second-order valence-corrected chi connectivity index (χ2v) is 5.73. The Labute approximate surface area is 111 Å². The summed E-state index contributed by atoms with van der Waals surface area (Å²) in [5.74, 6) is 6.37. The lowest BCUT2D eigenvalue weighted by atomic mass is 9.98. The van der Waals surface area contributed by atoms with E-state index < -0.39 is 0 Å². The summed E-state index contributed by atoms with van der Waals surface area (Å²) >= 11 is 0. The molecule has 1 aromatic rings. The highest BCUT2D eigenvalue weighted by Crippen LogP contribution is 2.09. The van der Waals surface area contributed by atoms with Gasteiger partial charge in [-0.2, -0.15) is 5.10 Å². The van der Waals surface area contributed by atoms with Crippen LogP contribution in [0.15, 0.2) is 6.07 Å². The van der Waals surface area contributed by atoms with Gasteiger partial charge in [0.05, 0.1) is 12.2 Å². The Bertz CT molecular complexity index is 427. The minimum Gasteiger partial charge on any atom is -0.306 e. The number of aromatic nitrogens is 2. The summed E-state index contributed by atoms with van der Waals surface area (Å²) < 4.78 is 2.07. The van der Waals surface area contributed by atoms with Crippen LogP contribution in [0.5, 0.6) is 0 Å². The summed E-state index contributed by atoms with van der Waals surface area (Å²) in [5.41, 5.74) is 2.43. The van der Waals surface area contributed by atoms with Crippen molar-refractivity contribution in [1.29, 1.82) is 0 Å². The lowest BCUT2D eigenvalue weighted by Gasteiger charge is -2.07. The third-order valence-electron chi connectivity index (χ3n) is 2.50. The first-order chi connectivity index (χ1) is 8.38. The molecule has 0 fully saturated rings. The number of hydrogen-bond donors (Lipinski definition) is 1. The number of hydrogen-bond acceptors (Lipinski definition) is 2. The van der Waals surface area contributed by atoms with Crippen LogP contribution in [0.1, 0.15) is 38.6 Å². The molecule has 1 aromatic heterocycles. The molecule has 0 radical (unpaired) electrons. The van der Waals surface area contributed by atoms with Crippen LogP contribution in [0.3, 0.4) is 0 Å². The molecule has 0 aliphatic rings. The Balaban J connectivity index is 2.16. The molecule has 3 nitrogen and oxygen atoms in total. The van der Waals surface area contributed by atoms with Gasteiger partial charge in [-0.1, -0.05) is 11.8 Å². The lowest BCUT2D eigenvalue weighted by molar-refractivity contribution is 0.542. The van der Waals surface area contributed by atoms with Gasteiger partial charge >= 0.3 is 0 Å². The van der Waals surface area contributed by atoms with Crippen molar-refractivity contribution in [3.63, 3.8) is 0 Å². The van der Waals surface area contributed by atoms with Crippen LogP contribution in [0.4, 0.5) is 0 Å². The summed E-state index contributed by atoms with van der Waals surface area (Å²) in [7, 11) is 0. The molecule has 0 aromatic carbocycles. The van der Waals surface area contributed by atoms with Crippen LogP contribution >= 0.6 is 0 Å². The molecule has 1 N–H and O–H groups in total. The van der Waals surface area contributed by atoms with Crippen molar-refractivity contribution in [2.45, 2.75) is 47.6 Å². The first-order valence-corrected chi connectivity index (χ1v) is 6.60. The summed E-state index contributed by atoms with van der Waals surface area (Å²) in [4.78, 5) is 0. The van der Waals surface area contributed by atoms with Crippen molar-refractivity contribution < 1.29 is 0 Å². The Morgan fingerprint density at radius 1 is 1.33 bits per heavy atom. The molecule has 1 heterocycles. The summed E-state index contributed by atoms with van der Waals surface area (Å²) in [5, 5.41) is 7.78. The predicted molar refractivity (Wildman–Crippen MR) is 76.4 cm³/mol. The van der Waals surface area contributed by atoms with Crippen LogP contribution in [0.25, 0.3) is 0 Å². The van der Waals surface area contributed by atoms with Crippen LogP contribution in [-0.4, -0.2) is 22.9 Å². The van der Waals surface area contributed by atoms with E-state index in [9.17, 15) is 0 Å². The first-order valence-electron chi connectivity index (χ1n) is 6.60. The smallest absolute Gasteiger partial charge is 0.0596 e. The second kappa shape index (κ2) is 6.61. The zero-order valence-corrected chi connectivity index (χ0v) is 12.3. The molecular formula is C15H25N3. The van der Waals surface area contributed by atoms with Crippen molar-refractivity contribution in [1.82, 2.24) is 15.1 Å². The minimum atomic E-state index is 0.103. The van der Waals surface area contributed by atoms with Gasteiger partial charge in [0.15, 0.2) is 0 Å². The predicted octanol–water partition coefficient (Wildman–Crippen LogP) is 2.53. The second-order valence-electron chi connectivity index (χ2n) is 5.73. The van der Waals surface area contributed by atoms with Gasteiger partial charge in [0.2, 0.25) is 0 Å². The van der Waals surface area contributed by atoms with E-state index in [2.05, 4.69) is 60.7 Å². The van der Waals surface area contributed by atoms with Gasteiger partial charge in [-0.25, -0.2) is 0 Å². The van der Waals surface area contributed by atoms with Crippen LogP contribution in [0, 0.1) is 31.1 Å². The molecule has 0 atom stereocenters. The van der Waals surface area contributed by atoms with Crippen molar-refractivity contribution >= 4 is 0 Å². The Kier molecular flexibility index (Phi) is 5.43. The largest absolute Gasteiger partial charge is 0.306 e. The van der Waals surface area contributed by atoms with Gasteiger partial charge in [0.25, 0.3) is 0 Å². The fourth-order valence-electron chi connectivity index (χ4n) is 1.72. The Morgan fingerprint density at radius 3 is 2.61 bits per heavy atom. The van der Waals surface area contributed by atoms with E-state index in [1.807, 2.05) is 6.92 Å². The van der Waals surface area contributed by atoms with E-state index in [1.165, 1.54) is 5.69 Å². The van der Waals surface area contributed by atoms with E-state index in [0.717, 1.165) is 31.7 Å². The standard InChI is InChI=1S/C15H25N3/c1-13-12-14(2)18(17-13)11-7-10-16-9-6-8-15(3,4)5/h12,16H,7,9-11H2,1-5H3. The van der Waals surface area contributed by atoms with Crippen molar-refractivity contribution in [2.75, 3.05) is 13.1 Å². The highest BCUT2D eigenvalue weighted by molar-refractivity contribution is 5.08. The minimum absolute atomic E-state index is 0.103. The number of rotatable bonds is 5. The topological polar surface area (TPSA) is 29.9 Å². The first kappa shape index (κ1) is 14.8. The fraction of sp³-hybridized carbons (Fsp3) is 0.667. The SMILES string of the molecule is Cc1cc(C)n(CCCNCC#CC(C)(C)C)n1. The van der Waals surface area contributed by atoms with Gasteiger partial charge in [0, 0.05) is 17.7 Å². The number of nitrogens with one attached hydrogen (secondary N) is 1. The maximum atomic E-state index is 4.44. The average molecular weight is 247 g/mol. The summed E-state index contributed by atoms with van der Waals surface area (Å²) in [6, 6.07) is 2.11. The maximum Gasteiger partial charge on any atom is 0.0596 e. The molecule has 1 rings (SSSR count). The molecule has 18 heavy (non-hydrogen) atoms. The molecule has 100 valence electrons. The number of nitrogens with zero attached hydrogens (tertiary/aromatic N) is 2. The van der Waals surface area contributed by atoms with Crippen molar-refractivity contribution in [3.05, 3.63) is 17.5 Å². The number of aryl methyl sites for hydroxylation is 3. The molecule has 0 spiro atoms. The summed E-state index contributed by atoms with van der Waals surface area (Å²) in [6.07, 6.45) is 1.08. The summed E-state index contributed by atoms with van der Waals surface area (Å²) in [6.45, 7) is 13.2. The van der Waals surface area contributed by atoms with Crippen molar-refractivity contribution in [2.24, 2.45) is 5.41 Å². The van der Waals surface area contributed by atoms with Crippen molar-refractivity contribution in [3.8, 4) is 11.8 Å². The highest BCUT2D eigenvalue weighted by Gasteiger charge is 2.02. The van der Waals surface area contributed by atoms with Gasteiger partial charge in [-0.05, 0) is 53.7 Å². The Morgan fingerprint density at radius 2 is 2.06 bits per heavy atom. The lowest BCUT2D eigenvalue weighted by Crippen LogP contribution is -2.18. The highest BCUT2D eigenvalue weighted by atomic mass is 15.3. The third-order valence-corrected chi connectivity index (χ3v) is 2.50. The van der Waals surface area contributed by atoms with E-state index >= 15 is 0 Å². The molecule has 0 saturated heterocycles. The van der Waals surface area contributed by atoms with Gasteiger partial charge in [-0.15, -0.1) is 0 Å². The molecule has 0 aliphatic carbocycles. The molecule has 0 bridgehead atoms. The van der Waals surface area contributed by atoms with Gasteiger partial charge in [0.1, 0.15) is 0 Å². The maximum absolute atomic E-state index is 4.44. The third kappa shape index (κ3) is 5.88. The zero-order chi connectivity index (χ0) is 13.6. The quantitative estimate of drug-likeness (QED) is 0.640.